The van der Waals surface area contributed by atoms with Gasteiger partial charge < -0.3 is 20.4 Å². The van der Waals surface area contributed by atoms with Crippen LogP contribution in [0, 0.1) is 0 Å². The molecule has 0 radical (unpaired) electrons. The number of aromatic nitrogens is 5. The molecule has 3 heterocycles. The number of methoxy groups -OCH3 is 1. The number of hydrogen-bond acceptors (Lipinski definition) is 7. The highest BCUT2D eigenvalue weighted by Gasteiger charge is 2.23. The van der Waals surface area contributed by atoms with E-state index in [9.17, 15) is 4.79 Å². The molecule has 9 heteroatoms. The summed E-state index contributed by atoms with van der Waals surface area (Å²) in [7, 11) is 1.62. The molecule has 0 bridgehead atoms. The van der Waals surface area contributed by atoms with Crippen molar-refractivity contribution in [1.29, 1.82) is 0 Å². The SMILES string of the molecule is COc1nc(N[C@H]2CC[C@H](NC(C)=O)CC2)nc2[nH]cc(-c3ccc4nccnc4c3)c12. The van der Waals surface area contributed by atoms with Crippen LogP contribution >= 0.6 is 0 Å². The predicted octanol–water partition coefficient (Wildman–Crippen LogP) is 3.44. The van der Waals surface area contributed by atoms with Crippen LogP contribution in [-0.2, 0) is 4.79 Å². The number of anilines is 1. The molecule has 9 nitrogen and oxygen atoms in total. The highest BCUT2D eigenvalue weighted by molar-refractivity contribution is 5.99. The van der Waals surface area contributed by atoms with E-state index in [0.717, 1.165) is 53.2 Å². The van der Waals surface area contributed by atoms with Gasteiger partial charge >= 0.3 is 0 Å². The molecule has 0 saturated heterocycles. The normalized spacial score (nSPS) is 18.6. The van der Waals surface area contributed by atoms with Crippen LogP contribution in [0.3, 0.4) is 0 Å². The molecule has 1 fully saturated rings. The van der Waals surface area contributed by atoms with Gasteiger partial charge in [-0.2, -0.15) is 9.97 Å². The van der Waals surface area contributed by atoms with E-state index < -0.39 is 0 Å². The maximum atomic E-state index is 11.3. The number of aromatic amines is 1. The lowest BCUT2D eigenvalue weighted by Gasteiger charge is -2.29. The van der Waals surface area contributed by atoms with Crippen molar-refractivity contribution in [3.63, 3.8) is 0 Å². The summed E-state index contributed by atoms with van der Waals surface area (Å²) < 4.78 is 5.64. The van der Waals surface area contributed by atoms with Crippen molar-refractivity contribution in [3.05, 3.63) is 36.8 Å². The Morgan fingerprint density at radius 1 is 1.06 bits per heavy atom. The first kappa shape index (κ1) is 20.2. The van der Waals surface area contributed by atoms with Crippen molar-refractivity contribution in [3.8, 4) is 17.0 Å². The van der Waals surface area contributed by atoms with Gasteiger partial charge in [0.2, 0.25) is 17.7 Å². The average Bonchev–Trinajstić information content (AvgIpc) is 3.23. The molecular weight excluding hydrogens is 406 g/mol. The van der Waals surface area contributed by atoms with Crippen LogP contribution < -0.4 is 15.4 Å². The minimum Gasteiger partial charge on any atom is -0.480 e. The number of benzene rings is 1. The van der Waals surface area contributed by atoms with E-state index in [4.69, 9.17) is 9.72 Å². The molecule has 1 aliphatic rings. The highest BCUT2D eigenvalue weighted by Crippen LogP contribution is 2.35. The van der Waals surface area contributed by atoms with Crippen molar-refractivity contribution in [2.45, 2.75) is 44.7 Å². The molecule has 0 atom stereocenters. The van der Waals surface area contributed by atoms with E-state index in [1.165, 1.54) is 0 Å². The number of ether oxygens (including phenoxy) is 1. The van der Waals surface area contributed by atoms with Crippen molar-refractivity contribution >= 4 is 33.9 Å². The number of nitrogens with zero attached hydrogens (tertiary/aromatic N) is 4. The molecule has 1 amide bonds. The van der Waals surface area contributed by atoms with E-state index >= 15 is 0 Å². The summed E-state index contributed by atoms with van der Waals surface area (Å²) in [5.74, 6) is 1.08. The number of H-pyrrole nitrogens is 1. The topological polar surface area (TPSA) is 118 Å². The summed E-state index contributed by atoms with van der Waals surface area (Å²) in [4.78, 5) is 32.6. The number of carbonyl (C=O) groups excluding carboxylic acids is 1. The first-order chi connectivity index (χ1) is 15.6. The molecule has 0 spiro atoms. The largest absolute Gasteiger partial charge is 0.480 e. The van der Waals surface area contributed by atoms with E-state index in [-0.39, 0.29) is 18.0 Å². The average molecular weight is 432 g/mol. The molecule has 0 unspecified atom stereocenters. The van der Waals surface area contributed by atoms with Crippen molar-refractivity contribution in [2.24, 2.45) is 0 Å². The van der Waals surface area contributed by atoms with Gasteiger partial charge in [-0.1, -0.05) is 6.07 Å². The summed E-state index contributed by atoms with van der Waals surface area (Å²) in [6.45, 7) is 1.57. The van der Waals surface area contributed by atoms with Gasteiger partial charge in [0.15, 0.2) is 0 Å². The molecule has 1 aliphatic carbocycles. The second-order valence-electron chi connectivity index (χ2n) is 8.14. The van der Waals surface area contributed by atoms with Gasteiger partial charge in [0.1, 0.15) is 5.65 Å². The highest BCUT2D eigenvalue weighted by atomic mass is 16.5. The third-order valence-corrected chi connectivity index (χ3v) is 5.94. The Morgan fingerprint density at radius 3 is 2.56 bits per heavy atom. The van der Waals surface area contributed by atoms with Gasteiger partial charge in [-0.3, -0.25) is 14.8 Å². The van der Waals surface area contributed by atoms with Gasteiger partial charge in [0.05, 0.1) is 23.5 Å². The standard InChI is InChI=1S/C23H25N7O2/c1-13(31)27-15-4-6-16(7-5-15)28-23-29-21-20(22(30-23)32-2)17(12-26-21)14-3-8-18-19(11-14)25-10-9-24-18/h3,8-12,15-16H,4-7H2,1-2H3,(H,27,31)(H2,26,28,29,30)/t15-,16-. The van der Waals surface area contributed by atoms with Crippen LogP contribution in [0.5, 0.6) is 5.88 Å². The van der Waals surface area contributed by atoms with Gasteiger partial charge in [-0.25, -0.2) is 0 Å². The quantitative estimate of drug-likeness (QED) is 0.443. The zero-order chi connectivity index (χ0) is 22.1. The summed E-state index contributed by atoms with van der Waals surface area (Å²) in [5.41, 5.74) is 4.32. The van der Waals surface area contributed by atoms with E-state index in [1.54, 1.807) is 26.4 Å². The number of carbonyl (C=O) groups is 1. The molecular formula is C23H25N7O2. The summed E-state index contributed by atoms with van der Waals surface area (Å²) in [6.07, 6.45) is 9.06. The molecule has 0 aliphatic heterocycles. The van der Waals surface area contributed by atoms with Crippen LogP contribution in [0.15, 0.2) is 36.8 Å². The Morgan fingerprint density at radius 2 is 1.81 bits per heavy atom. The van der Waals surface area contributed by atoms with Gasteiger partial charge in [0.25, 0.3) is 0 Å². The van der Waals surface area contributed by atoms with Crippen molar-refractivity contribution < 1.29 is 9.53 Å². The molecule has 4 aromatic rings. The Bertz CT molecular complexity index is 1280. The Hall–Kier alpha value is -3.75. The fourth-order valence-electron chi connectivity index (χ4n) is 4.42. The lowest BCUT2D eigenvalue weighted by Crippen LogP contribution is -2.39. The van der Waals surface area contributed by atoms with E-state index in [1.807, 2.05) is 24.4 Å². The smallest absolute Gasteiger partial charge is 0.228 e. The van der Waals surface area contributed by atoms with Gasteiger partial charge in [-0.15, -0.1) is 0 Å². The second kappa shape index (κ2) is 8.41. The molecule has 1 aromatic carbocycles. The first-order valence-corrected chi connectivity index (χ1v) is 10.8. The summed E-state index contributed by atoms with van der Waals surface area (Å²) in [6, 6.07) is 6.48. The Kier molecular flexibility index (Phi) is 5.30. The Balaban J connectivity index is 1.41. The lowest BCUT2D eigenvalue weighted by atomic mass is 9.91. The number of fused-ring (bicyclic) bond motifs is 2. The molecule has 32 heavy (non-hydrogen) atoms. The maximum absolute atomic E-state index is 11.3. The minimum atomic E-state index is 0.0286. The third-order valence-electron chi connectivity index (χ3n) is 5.94. The Labute approximate surface area is 185 Å². The van der Waals surface area contributed by atoms with E-state index in [2.05, 4.69) is 30.6 Å². The monoisotopic (exact) mass is 431 g/mol. The van der Waals surface area contributed by atoms with Gasteiger partial charge in [-0.05, 0) is 43.4 Å². The van der Waals surface area contributed by atoms with Gasteiger partial charge in [0, 0.05) is 43.2 Å². The zero-order valence-electron chi connectivity index (χ0n) is 18.1. The number of amides is 1. The third kappa shape index (κ3) is 3.93. The van der Waals surface area contributed by atoms with E-state index in [0.29, 0.717) is 17.5 Å². The van der Waals surface area contributed by atoms with Crippen LogP contribution in [0.1, 0.15) is 32.6 Å². The molecule has 3 N–H and O–H groups in total. The summed E-state index contributed by atoms with van der Waals surface area (Å²) in [5, 5.41) is 7.28. The predicted molar refractivity (Wildman–Crippen MR) is 122 cm³/mol. The second-order valence-corrected chi connectivity index (χ2v) is 8.14. The molecule has 164 valence electrons. The first-order valence-electron chi connectivity index (χ1n) is 10.8. The van der Waals surface area contributed by atoms with Crippen LogP contribution in [-0.4, -0.2) is 50.0 Å². The fraction of sp³-hybridized carbons (Fsp3) is 0.348. The van der Waals surface area contributed by atoms with Crippen LogP contribution in [0.4, 0.5) is 5.95 Å². The van der Waals surface area contributed by atoms with Crippen molar-refractivity contribution in [2.75, 3.05) is 12.4 Å². The summed E-state index contributed by atoms with van der Waals surface area (Å²) >= 11 is 0. The maximum Gasteiger partial charge on any atom is 0.228 e. The number of nitrogens with one attached hydrogen (secondary N) is 3. The van der Waals surface area contributed by atoms with Crippen molar-refractivity contribution in [1.82, 2.24) is 30.2 Å². The lowest BCUT2D eigenvalue weighted by molar-refractivity contribution is -0.119. The van der Waals surface area contributed by atoms with Crippen LogP contribution in [0.25, 0.3) is 33.2 Å². The molecule has 1 saturated carbocycles. The zero-order valence-corrected chi connectivity index (χ0v) is 18.1. The molecule has 3 aromatic heterocycles. The fourth-order valence-corrected chi connectivity index (χ4v) is 4.42. The number of rotatable bonds is 5. The number of hydrogen-bond donors (Lipinski definition) is 3. The van der Waals surface area contributed by atoms with Crippen LogP contribution in [0.2, 0.25) is 0 Å². The minimum absolute atomic E-state index is 0.0286. The molecule has 5 rings (SSSR count).